The van der Waals surface area contributed by atoms with Gasteiger partial charge in [-0.3, -0.25) is 0 Å². The van der Waals surface area contributed by atoms with E-state index in [0.29, 0.717) is 17.5 Å². The molecule has 3 nitrogen and oxygen atoms in total. The zero-order chi connectivity index (χ0) is 36.1. The molecular weight excluding hydrogens is 655 g/mol. The molecule has 0 atom stereocenters. The third-order valence-electron chi connectivity index (χ3n) is 9.82. The number of benzene rings is 8. The van der Waals surface area contributed by atoms with Crippen molar-refractivity contribution in [3.05, 3.63) is 212 Å². The van der Waals surface area contributed by atoms with Gasteiger partial charge in [0.15, 0.2) is 17.5 Å². The molecular formula is C51H35N3. The number of hydrogen-bond donors (Lipinski definition) is 0. The Morgan fingerprint density at radius 3 is 0.519 bits per heavy atom. The molecule has 0 amide bonds. The molecule has 1 aromatic heterocycles. The van der Waals surface area contributed by atoms with Gasteiger partial charge < -0.3 is 0 Å². The SMILES string of the molecule is c1ccc(-c2ccc(-c3ccc(-c4ccc(-c5ccc(-c6ccc(-c7nc(-c8ccccc8)nc(-c8ccccc8)n7)cc6)cc5)cc4)cc3)cc2)cc1. The summed E-state index contributed by atoms with van der Waals surface area (Å²) in [5.74, 6) is 1.97. The summed E-state index contributed by atoms with van der Waals surface area (Å²) in [5.41, 5.74) is 14.8. The number of hydrogen-bond acceptors (Lipinski definition) is 3. The molecule has 0 radical (unpaired) electrons. The topological polar surface area (TPSA) is 38.7 Å². The maximum Gasteiger partial charge on any atom is 0.164 e. The van der Waals surface area contributed by atoms with Crippen LogP contribution >= 0.6 is 0 Å². The van der Waals surface area contributed by atoms with E-state index in [1.165, 1.54) is 44.5 Å². The van der Waals surface area contributed by atoms with Crippen molar-refractivity contribution >= 4 is 0 Å². The van der Waals surface area contributed by atoms with E-state index in [1.807, 2.05) is 60.7 Å². The predicted octanol–water partition coefficient (Wildman–Crippen LogP) is 13.2. The van der Waals surface area contributed by atoms with E-state index >= 15 is 0 Å². The highest BCUT2D eigenvalue weighted by Gasteiger charge is 2.12. The summed E-state index contributed by atoms with van der Waals surface area (Å²) in [6, 6.07) is 74.3. The fraction of sp³-hybridized carbons (Fsp3) is 0. The van der Waals surface area contributed by atoms with Crippen LogP contribution in [-0.2, 0) is 0 Å². The van der Waals surface area contributed by atoms with Crippen LogP contribution in [0.25, 0.3) is 89.8 Å². The molecule has 0 bridgehead atoms. The quantitative estimate of drug-likeness (QED) is 0.159. The van der Waals surface area contributed by atoms with Crippen LogP contribution in [0.4, 0.5) is 0 Å². The number of rotatable bonds is 8. The van der Waals surface area contributed by atoms with Gasteiger partial charge in [0.2, 0.25) is 0 Å². The Hall–Kier alpha value is -7.23. The van der Waals surface area contributed by atoms with E-state index in [4.69, 9.17) is 15.0 Å². The Bertz CT molecular complexity index is 2560. The van der Waals surface area contributed by atoms with E-state index in [1.54, 1.807) is 0 Å². The Kier molecular flexibility index (Phi) is 8.94. The summed E-state index contributed by atoms with van der Waals surface area (Å²) in [5, 5.41) is 0. The molecule has 0 saturated heterocycles. The molecule has 254 valence electrons. The molecule has 0 aliphatic heterocycles. The van der Waals surface area contributed by atoms with Crippen LogP contribution in [0.5, 0.6) is 0 Å². The zero-order valence-corrected chi connectivity index (χ0v) is 29.5. The molecule has 1 heterocycles. The van der Waals surface area contributed by atoms with Crippen LogP contribution in [0.3, 0.4) is 0 Å². The fourth-order valence-corrected chi connectivity index (χ4v) is 6.80. The largest absolute Gasteiger partial charge is 0.208 e. The first-order valence-electron chi connectivity index (χ1n) is 18.2. The average molecular weight is 690 g/mol. The second kappa shape index (κ2) is 14.8. The van der Waals surface area contributed by atoms with Crippen LogP contribution in [0.1, 0.15) is 0 Å². The minimum absolute atomic E-state index is 0.651. The van der Waals surface area contributed by atoms with Crippen LogP contribution in [0.15, 0.2) is 212 Å². The molecule has 0 unspecified atom stereocenters. The number of aromatic nitrogens is 3. The second-order valence-corrected chi connectivity index (χ2v) is 13.3. The minimum atomic E-state index is 0.651. The molecule has 0 aliphatic rings. The van der Waals surface area contributed by atoms with Crippen LogP contribution in [0.2, 0.25) is 0 Å². The maximum absolute atomic E-state index is 4.88. The predicted molar refractivity (Wildman–Crippen MR) is 223 cm³/mol. The van der Waals surface area contributed by atoms with E-state index in [9.17, 15) is 0 Å². The van der Waals surface area contributed by atoms with Gasteiger partial charge in [-0.1, -0.05) is 212 Å². The third-order valence-corrected chi connectivity index (χ3v) is 9.82. The summed E-state index contributed by atoms with van der Waals surface area (Å²) in [4.78, 5) is 14.6. The van der Waals surface area contributed by atoms with E-state index < -0.39 is 0 Å². The van der Waals surface area contributed by atoms with Gasteiger partial charge in [-0.2, -0.15) is 0 Å². The summed E-state index contributed by atoms with van der Waals surface area (Å²) in [6.07, 6.45) is 0. The summed E-state index contributed by atoms with van der Waals surface area (Å²) >= 11 is 0. The highest BCUT2D eigenvalue weighted by Crippen LogP contribution is 2.31. The Morgan fingerprint density at radius 2 is 0.296 bits per heavy atom. The summed E-state index contributed by atoms with van der Waals surface area (Å²) < 4.78 is 0. The van der Waals surface area contributed by atoms with Crippen molar-refractivity contribution < 1.29 is 0 Å². The monoisotopic (exact) mass is 689 g/mol. The van der Waals surface area contributed by atoms with Crippen molar-refractivity contribution in [1.82, 2.24) is 15.0 Å². The Balaban J connectivity index is 0.895. The van der Waals surface area contributed by atoms with Crippen molar-refractivity contribution in [2.24, 2.45) is 0 Å². The van der Waals surface area contributed by atoms with E-state index in [0.717, 1.165) is 27.8 Å². The molecule has 0 saturated carbocycles. The van der Waals surface area contributed by atoms with Crippen LogP contribution < -0.4 is 0 Å². The smallest absolute Gasteiger partial charge is 0.164 e. The van der Waals surface area contributed by atoms with Crippen molar-refractivity contribution in [1.29, 1.82) is 0 Å². The lowest BCUT2D eigenvalue weighted by atomic mass is 9.96. The first-order chi connectivity index (χ1) is 26.7. The molecule has 8 aromatic carbocycles. The summed E-state index contributed by atoms with van der Waals surface area (Å²) in [7, 11) is 0. The first kappa shape index (κ1) is 32.7. The first-order valence-corrected chi connectivity index (χ1v) is 18.2. The molecule has 0 spiro atoms. The molecule has 9 aromatic rings. The van der Waals surface area contributed by atoms with Gasteiger partial charge in [0, 0.05) is 16.7 Å². The van der Waals surface area contributed by atoms with Gasteiger partial charge in [0.1, 0.15) is 0 Å². The zero-order valence-electron chi connectivity index (χ0n) is 29.5. The van der Waals surface area contributed by atoms with Gasteiger partial charge in [-0.25, -0.2) is 15.0 Å². The second-order valence-electron chi connectivity index (χ2n) is 13.3. The molecule has 0 fully saturated rings. The van der Waals surface area contributed by atoms with Crippen LogP contribution in [-0.4, -0.2) is 15.0 Å². The summed E-state index contributed by atoms with van der Waals surface area (Å²) in [6.45, 7) is 0. The van der Waals surface area contributed by atoms with Gasteiger partial charge in [0.25, 0.3) is 0 Å². The Morgan fingerprint density at radius 1 is 0.148 bits per heavy atom. The third kappa shape index (κ3) is 6.99. The van der Waals surface area contributed by atoms with Crippen molar-refractivity contribution in [2.75, 3.05) is 0 Å². The van der Waals surface area contributed by atoms with Gasteiger partial charge in [-0.15, -0.1) is 0 Å². The molecule has 54 heavy (non-hydrogen) atoms. The molecule has 0 N–H and O–H groups in total. The minimum Gasteiger partial charge on any atom is -0.208 e. The molecule has 9 rings (SSSR count). The van der Waals surface area contributed by atoms with Crippen LogP contribution in [0, 0.1) is 0 Å². The number of nitrogens with zero attached hydrogens (tertiary/aromatic N) is 3. The van der Waals surface area contributed by atoms with Crippen molar-refractivity contribution in [2.45, 2.75) is 0 Å². The fourth-order valence-electron chi connectivity index (χ4n) is 6.80. The Labute approximate surface area is 316 Å². The lowest BCUT2D eigenvalue weighted by Crippen LogP contribution is -2.00. The lowest BCUT2D eigenvalue weighted by Gasteiger charge is -2.10. The van der Waals surface area contributed by atoms with Crippen molar-refractivity contribution in [3.63, 3.8) is 0 Å². The van der Waals surface area contributed by atoms with Gasteiger partial charge >= 0.3 is 0 Å². The van der Waals surface area contributed by atoms with E-state index in [2.05, 4.69) is 152 Å². The lowest BCUT2D eigenvalue weighted by molar-refractivity contribution is 1.07. The highest BCUT2D eigenvalue weighted by molar-refractivity contribution is 5.77. The molecule has 0 aliphatic carbocycles. The van der Waals surface area contributed by atoms with Gasteiger partial charge in [0.05, 0.1) is 0 Å². The molecule has 3 heteroatoms. The standard InChI is InChI=1S/C51H35N3/c1-4-10-36(11-5-1)37-16-18-38(19-17-37)39-20-22-40(23-21-39)41-24-26-42(27-25-41)43-28-30-44(31-29-43)45-32-34-48(35-33-45)51-53-49(46-12-6-2-7-13-46)52-50(54-51)47-14-8-3-9-15-47/h1-35H. The van der Waals surface area contributed by atoms with Gasteiger partial charge in [-0.05, 0) is 55.6 Å². The normalized spacial score (nSPS) is 11.0. The highest BCUT2D eigenvalue weighted by atomic mass is 15.0. The van der Waals surface area contributed by atoms with E-state index in [-0.39, 0.29) is 0 Å². The average Bonchev–Trinajstić information content (AvgIpc) is 3.27. The van der Waals surface area contributed by atoms with Crippen molar-refractivity contribution in [3.8, 4) is 89.8 Å². The maximum atomic E-state index is 4.88.